The minimum absolute atomic E-state index is 0.0559. The van der Waals surface area contributed by atoms with Gasteiger partial charge in [-0.15, -0.1) is 0 Å². The van der Waals surface area contributed by atoms with Crippen molar-refractivity contribution in [2.45, 2.75) is 30.3 Å². The fourth-order valence-electron chi connectivity index (χ4n) is 2.09. The molecule has 2 heterocycles. The second kappa shape index (κ2) is 5.12. The highest BCUT2D eigenvalue weighted by Gasteiger charge is 2.33. The minimum atomic E-state index is -3.56. The Balaban J connectivity index is 2.31. The summed E-state index contributed by atoms with van der Waals surface area (Å²) in [6.45, 7) is 0.330. The summed E-state index contributed by atoms with van der Waals surface area (Å²) >= 11 is 0. The maximum atomic E-state index is 12.3. The zero-order chi connectivity index (χ0) is 12.3. The van der Waals surface area contributed by atoms with Gasteiger partial charge in [0.15, 0.2) is 5.03 Å². The molecule has 0 aromatic carbocycles. The first-order valence-corrected chi connectivity index (χ1v) is 7.14. The van der Waals surface area contributed by atoms with E-state index in [9.17, 15) is 13.5 Å². The molecule has 0 radical (unpaired) electrons. The molecule has 0 spiro atoms. The Morgan fingerprint density at radius 3 is 2.88 bits per heavy atom. The van der Waals surface area contributed by atoms with Gasteiger partial charge in [-0.05, 0) is 25.0 Å². The van der Waals surface area contributed by atoms with E-state index in [1.165, 1.54) is 16.6 Å². The molecule has 94 valence electrons. The first-order valence-electron chi connectivity index (χ1n) is 5.70. The molecule has 0 aliphatic carbocycles. The van der Waals surface area contributed by atoms with Gasteiger partial charge in [-0.25, -0.2) is 13.4 Å². The molecule has 0 amide bonds. The molecule has 1 unspecified atom stereocenters. The van der Waals surface area contributed by atoms with Crippen LogP contribution in [0.5, 0.6) is 0 Å². The third-order valence-electron chi connectivity index (χ3n) is 2.99. The van der Waals surface area contributed by atoms with Crippen LogP contribution in [-0.2, 0) is 10.0 Å². The zero-order valence-corrected chi connectivity index (χ0v) is 10.3. The monoisotopic (exact) mass is 256 g/mol. The van der Waals surface area contributed by atoms with Crippen molar-refractivity contribution >= 4 is 10.0 Å². The normalized spacial score (nSPS) is 22.5. The van der Waals surface area contributed by atoms with Crippen molar-refractivity contribution in [2.24, 2.45) is 0 Å². The van der Waals surface area contributed by atoms with Crippen LogP contribution >= 0.6 is 0 Å². The number of pyridine rings is 1. The molecule has 1 aliphatic heterocycles. The molecule has 1 aromatic rings. The molecule has 1 atom stereocenters. The molecule has 1 fully saturated rings. The number of hydrogen-bond acceptors (Lipinski definition) is 4. The molecule has 17 heavy (non-hydrogen) atoms. The molecular formula is C11H16N2O3S. The van der Waals surface area contributed by atoms with Crippen LogP contribution in [0, 0.1) is 0 Å². The first-order chi connectivity index (χ1) is 8.16. The van der Waals surface area contributed by atoms with Crippen LogP contribution < -0.4 is 0 Å². The smallest absolute Gasteiger partial charge is 0.260 e. The van der Waals surface area contributed by atoms with Gasteiger partial charge in [0.25, 0.3) is 10.0 Å². The van der Waals surface area contributed by atoms with Gasteiger partial charge in [-0.2, -0.15) is 4.31 Å². The highest BCUT2D eigenvalue weighted by Crippen LogP contribution is 2.23. The average Bonchev–Trinajstić information content (AvgIpc) is 2.39. The van der Waals surface area contributed by atoms with E-state index >= 15 is 0 Å². The number of aliphatic hydroxyl groups excluding tert-OH is 1. The number of piperidine rings is 1. The molecule has 0 saturated carbocycles. The molecule has 2 rings (SSSR count). The van der Waals surface area contributed by atoms with E-state index in [1.54, 1.807) is 12.1 Å². The van der Waals surface area contributed by atoms with Gasteiger partial charge >= 0.3 is 0 Å². The lowest BCUT2D eigenvalue weighted by Gasteiger charge is -2.33. The Hall–Kier alpha value is -0.980. The Labute approximate surface area is 101 Å². The number of hydrogen-bond donors (Lipinski definition) is 1. The summed E-state index contributed by atoms with van der Waals surface area (Å²) in [6.07, 6.45) is 3.97. The summed E-state index contributed by atoms with van der Waals surface area (Å²) in [5.41, 5.74) is 0. The Morgan fingerprint density at radius 1 is 1.41 bits per heavy atom. The van der Waals surface area contributed by atoms with Gasteiger partial charge in [-0.3, -0.25) is 0 Å². The molecule has 1 N–H and O–H groups in total. The number of aromatic nitrogens is 1. The van der Waals surface area contributed by atoms with E-state index in [4.69, 9.17) is 0 Å². The maximum Gasteiger partial charge on any atom is 0.260 e. The van der Waals surface area contributed by atoms with Crippen molar-refractivity contribution < 1.29 is 13.5 Å². The summed E-state index contributed by atoms with van der Waals surface area (Å²) in [5, 5.41) is 9.30. The van der Waals surface area contributed by atoms with Crippen LogP contribution in [0.25, 0.3) is 0 Å². The van der Waals surface area contributed by atoms with Crippen LogP contribution in [0.15, 0.2) is 29.4 Å². The van der Waals surface area contributed by atoms with Crippen molar-refractivity contribution in [2.75, 3.05) is 13.2 Å². The lowest BCUT2D eigenvalue weighted by molar-refractivity contribution is 0.155. The summed E-state index contributed by atoms with van der Waals surface area (Å²) in [4.78, 5) is 3.88. The van der Waals surface area contributed by atoms with E-state index in [1.807, 2.05) is 0 Å². The van der Waals surface area contributed by atoms with Gasteiger partial charge in [-0.1, -0.05) is 12.5 Å². The minimum Gasteiger partial charge on any atom is -0.395 e. The SMILES string of the molecule is O=S(=O)(c1ccccn1)N1CCCCC1CO. The standard InChI is InChI=1S/C11H16N2O3S/c14-9-10-5-2-4-8-13(10)17(15,16)11-6-1-3-7-12-11/h1,3,6-7,10,14H,2,4-5,8-9H2. The fraction of sp³-hybridized carbons (Fsp3) is 0.545. The predicted octanol–water partition coefficient (Wildman–Crippen LogP) is 0.617. The van der Waals surface area contributed by atoms with E-state index < -0.39 is 10.0 Å². The lowest BCUT2D eigenvalue weighted by atomic mass is 10.1. The molecule has 6 heteroatoms. The van der Waals surface area contributed by atoms with Gasteiger partial charge in [0, 0.05) is 18.8 Å². The average molecular weight is 256 g/mol. The molecular weight excluding hydrogens is 240 g/mol. The number of aliphatic hydroxyl groups is 1. The Kier molecular flexibility index (Phi) is 3.76. The second-order valence-electron chi connectivity index (χ2n) is 4.12. The predicted molar refractivity (Wildman–Crippen MR) is 62.9 cm³/mol. The van der Waals surface area contributed by atoms with Crippen molar-refractivity contribution in [3.05, 3.63) is 24.4 Å². The quantitative estimate of drug-likeness (QED) is 0.860. The van der Waals surface area contributed by atoms with Crippen LogP contribution in [0.2, 0.25) is 0 Å². The van der Waals surface area contributed by atoms with Crippen molar-refractivity contribution in [3.63, 3.8) is 0 Å². The van der Waals surface area contributed by atoms with Crippen LogP contribution in [0.3, 0.4) is 0 Å². The lowest BCUT2D eigenvalue weighted by Crippen LogP contribution is -2.45. The van der Waals surface area contributed by atoms with Crippen LogP contribution in [0.4, 0.5) is 0 Å². The summed E-state index contributed by atoms with van der Waals surface area (Å²) in [7, 11) is -3.56. The zero-order valence-electron chi connectivity index (χ0n) is 9.49. The largest absolute Gasteiger partial charge is 0.395 e. The van der Waals surface area contributed by atoms with E-state index in [-0.39, 0.29) is 17.7 Å². The number of rotatable bonds is 3. The van der Waals surface area contributed by atoms with Gasteiger partial charge in [0.05, 0.1) is 6.61 Å². The number of sulfonamides is 1. The summed E-state index contributed by atoms with van der Waals surface area (Å²) < 4.78 is 26.0. The summed E-state index contributed by atoms with van der Waals surface area (Å²) in [5.74, 6) is 0. The van der Waals surface area contributed by atoms with Gasteiger partial charge in [0.2, 0.25) is 0 Å². The molecule has 5 nitrogen and oxygen atoms in total. The molecule has 0 bridgehead atoms. The van der Waals surface area contributed by atoms with E-state index in [0.717, 1.165) is 12.8 Å². The first kappa shape index (κ1) is 12.5. The molecule has 1 aromatic heterocycles. The second-order valence-corrected chi connectivity index (χ2v) is 5.95. The third-order valence-corrected chi connectivity index (χ3v) is 4.86. The van der Waals surface area contributed by atoms with Gasteiger partial charge in [0.1, 0.15) is 0 Å². The number of nitrogens with zero attached hydrogens (tertiary/aromatic N) is 2. The Morgan fingerprint density at radius 2 is 2.24 bits per heavy atom. The van der Waals surface area contributed by atoms with Crippen molar-refractivity contribution in [1.29, 1.82) is 0 Å². The maximum absolute atomic E-state index is 12.3. The van der Waals surface area contributed by atoms with Gasteiger partial charge < -0.3 is 5.11 Å². The van der Waals surface area contributed by atoms with Crippen molar-refractivity contribution in [3.8, 4) is 0 Å². The van der Waals surface area contributed by atoms with Crippen molar-refractivity contribution in [1.82, 2.24) is 9.29 Å². The highest BCUT2D eigenvalue weighted by atomic mass is 32.2. The van der Waals surface area contributed by atoms with Crippen LogP contribution in [0.1, 0.15) is 19.3 Å². The fourth-order valence-corrected chi connectivity index (χ4v) is 3.71. The van der Waals surface area contributed by atoms with E-state index in [2.05, 4.69) is 4.98 Å². The molecule has 1 saturated heterocycles. The highest BCUT2D eigenvalue weighted by molar-refractivity contribution is 7.89. The topological polar surface area (TPSA) is 70.5 Å². The molecule has 1 aliphatic rings. The Bertz CT molecular complexity index is 461. The third kappa shape index (κ3) is 2.48. The van der Waals surface area contributed by atoms with Crippen LogP contribution in [-0.4, -0.2) is 42.0 Å². The summed E-state index contributed by atoms with van der Waals surface area (Å²) in [6, 6.07) is 4.50. The van der Waals surface area contributed by atoms with E-state index in [0.29, 0.717) is 13.0 Å².